The summed E-state index contributed by atoms with van der Waals surface area (Å²) >= 11 is 0. The number of hydrogen-bond donors (Lipinski definition) is 1. The Labute approximate surface area is 57.2 Å². The van der Waals surface area contributed by atoms with Crippen LogP contribution in [0.3, 0.4) is 0 Å². The molecule has 0 saturated carbocycles. The minimum Gasteiger partial charge on any atom is -0.316 e. The van der Waals surface area contributed by atoms with Crippen molar-refractivity contribution in [2.45, 2.75) is 19.4 Å². The van der Waals surface area contributed by atoms with E-state index in [0.29, 0.717) is 0 Å². The lowest BCUT2D eigenvalue weighted by Crippen LogP contribution is -2.29. The zero-order valence-corrected chi connectivity index (χ0v) is 6.35. The molecule has 54 valence electrons. The quantitative estimate of drug-likeness (QED) is 0.575. The molecule has 2 nitrogen and oxygen atoms in total. The lowest BCUT2D eigenvalue weighted by atomic mass is 10.3. The molecule has 1 aliphatic rings. The first-order valence-electron chi connectivity index (χ1n) is 3.76. The zero-order valence-electron chi connectivity index (χ0n) is 6.35. The molecule has 0 radical (unpaired) electrons. The van der Waals surface area contributed by atoms with Gasteiger partial charge in [-0.05, 0) is 26.6 Å². The van der Waals surface area contributed by atoms with E-state index >= 15 is 0 Å². The van der Waals surface area contributed by atoms with Crippen LogP contribution in [0.1, 0.15) is 13.3 Å². The molecule has 9 heavy (non-hydrogen) atoms. The summed E-state index contributed by atoms with van der Waals surface area (Å²) in [5.41, 5.74) is 0. The van der Waals surface area contributed by atoms with Crippen LogP contribution in [0.4, 0.5) is 0 Å². The smallest absolute Gasteiger partial charge is 0.0204 e. The number of likely N-dealkylation sites (N-methyl/N-ethyl adjacent to an activating group) is 2. The van der Waals surface area contributed by atoms with E-state index in [-0.39, 0.29) is 0 Å². The van der Waals surface area contributed by atoms with Crippen LogP contribution in [0.5, 0.6) is 0 Å². The highest BCUT2D eigenvalue weighted by Gasteiger charge is 2.18. The molecule has 1 atom stereocenters. The highest BCUT2D eigenvalue weighted by molar-refractivity contribution is 4.78. The largest absolute Gasteiger partial charge is 0.316 e. The summed E-state index contributed by atoms with van der Waals surface area (Å²) in [6.45, 7) is 5.95. The van der Waals surface area contributed by atoms with E-state index in [1.54, 1.807) is 0 Å². The Hall–Kier alpha value is -0.0800. The van der Waals surface area contributed by atoms with Crippen LogP contribution in [0.25, 0.3) is 0 Å². The van der Waals surface area contributed by atoms with Crippen LogP contribution in [0, 0.1) is 0 Å². The number of hydrogen-bond acceptors (Lipinski definition) is 2. The van der Waals surface area contributed by atoms with Crippen molar-refractivity contribution in [1.82, 2.24) is 10.2 Å². The third-order valence-corrected chi connectivity index (χ3v) is 2.13. The van der Waals surface area contributed by atoms with Crippen LogP contribution in [0.15, 0.2) is 0 Å². The van der Waals surface area contributed by atoms with Gasteiger partial charge in [0.25, 0.3) is 0 Å². The van der Waals surface area contributed by atoms with Gasteiger partial charge in [-0.2, -0.15) is 0 Å². The molecule has 0 aromatic carbocycles. The number of likely N-dealkylation sites (tertiary alicyclic amines) is 1. The lowest BCUT2D eigenvalue weighted by molar-refractivity contribution is 0.348. The van der Waals surface area contributed by atoms with Crippen molar-refractivity contribution in [2.24, 2.45) is 0 Å². The van der Waals surface area contributed by atoms with Crippen molar-refractivity contribution >= 4 is 0 Å². The number of nitrogens with zero attached hydrogens (tertiary/aromatic N) is 1. The predicted octanol–water partition coefficient (Wildman–Crippen LogP) is 0.300. The van der Waals surface area contributed by atoms with Gasteiger partial charge < -0.3 is 10.2 Å². The highest BCUT2D eigenvalue weighted by Crippen LogP contribution is 2.06. The second-order valence-corrected chi connectivity index (χ2v) is 2.67. The summed E-state index contributed by atoms with van der Waals surface area (Å²) in [6, 6.07) is 0.755. The molecule has 1 N–H and O–H groups in total. The van der Waals surface area contributed by atoms with Crippen molar-refractivity contribution in [2.75, 3.05) is 26.7 Å². The predicted molar refractivity (Wildman–Crippen MR) is 39.6 cm³/mol. The van der Waals surface area contributed by atoms with Gasteiger partial charge in [0.05, 0.1) is 0 Å². The van der Waals surface area contributed by atoms with Crippen molar-refractivity contribution in [1.29, 1.82) is 0 Å². The van der Waals surface area contributed by atoms with E-state index in [4.69, 9.17) is 0 Å². The SMILES string of the molecule is CCN1CC[C@@H](NC)C1. The second-order valence-electron chi connectivity index (χ2n) is 2.67. The molecule has 0 amide bonds. The first-order chi connectivity index (χ1) is 4.36. The van der Waals surface area contributed by atoms with Crippen molar-refractivity contribution in [3.63, 3.8) is 0 Å². The fraction of sp³-hybridized carbons (Fsp3) is 1.00. The zero-order chi connectivity index (χ0) is 6.69. The molecule has 0 unspecified atom stereocenters. The van der Waals surface area contributed by atoms with E-state index in [0.717, 1.165) is 6.04 Å². The average molecular weight is 128 g/mol. The summed E-state index contributed by atoms with van der Waals surface area (Å²) in [5, 5.41) is 3.29. The Morgan fingerprint density at radius 2 is 2.44 bits per heavy atom. The van der Waals surface area contributed by atoms with E-state index in [9.17, 15) is 0 Å². The lowest BCUT2D eigenvalue weighted by Gasteiger charge is -2.11. The maximum atomic E-state index is 3.29. The van der Waals surface area contributed by atoms with Gasteiger partial charge in [0.15, 0.2) is 0 Å². The molecule has 0 aromatic heterocycles. The molecular formula is C7H16N2. The minimum atomic E-state index is 0.755. The van der Waals surface area contributed by atoms with E-state index < -0.39 is 0 Å². The molecule has 0 spiro atoms. The molecule has 2 heteroatoms. The second kappa shape index (κ2) is 3.18. The Morgan fingerprint density at radius 1 is 1.67 bits per heavy atom. The van der Waals surface area contributed by atoms with E-state index in [1.165, 1.54) is 26.1 Å². The van der Waals surface area contributed by atoms with Crippen LogP contribution < -0.4 is 5.32 Å². The molecule has 0 bridgehead atoms. The standard InChI is InChI=1S/C7H16N2/c1-3-9-5-4-7(6-9)8-2/h7-8H,3-6H2,1-2H3/t7-/m1/s1. The third-order valence-electron chi connectivity index (χ3n) is 2.13. The third kappa shape index (κ3) is 1.66. The minimum absolute atomic E-state index is 0.755. The fourth-order valence-electron chi connectivity index (χ4n) is 1.36. The Bertz CT molecular complexity index is 73.0. The molecule has 1 heterocycles. The van der Waals surface area contributed by atoms with Crippen molar-refractivity contribution in [3.8, 4) is 0 Å². The van der Waals surface area contributed by atoms with Gasteiger partial charge in [0.2, 0.25) is 0 Å². The Kier molecular flexibility index (Phi) is 2.49. The molecule has 1 saturated heterocycles. The van der Waals surface area contributed by atoms with E-state index in [1.807, 2.05) is 7.05 Å². The normalized spacial score (nSPS) is 29.3. The highest BCUT2D eigenvalue weighted by atomic mass is 15.2. The van der Waals surface area contributed by atoms with Gasteiger partial charge in [-0.3, -0.25) is 0 Å². The molecule has 1 aliphatic heterocycles. The van der Waals surface area contributed by atoms with Crippen molar-refractivity contribution in [3.05, 3.63) is 0 Å². The maximum absolute atomic E-state index is 3.29. The first-order valence-corrected chi connectivity index (χ1v) is 3.76. The Morgan fingerprint density at radius 3 is 2.78 bits per heavy atom. The maximum Gasteiger partial charge on any atom is 0.0204 e. The number of nitrogens with one attached hydrogen (secondary N) is 1. The number of rotatable bonds is 2. The molecular weight excluding hydrogens is 112 g/mol. The van der Waals surface area contributed by atoms with Gasteiger partial charge in [-0.15, -0.1) is 0 Å². The molecule has 1 fully saturated rings. The molecule has 0 aromatic rings. The fourth-order valence-corrected chi connectivity index (χ4v) is 1.36. The molecule has 0 aliphatic carbocycles. The van der Waals surface area contributed by atoms with Gasteiger partial charge in [0, 0.05) is 12.6 Å². The van der Waals surface area contributed by atoms with Gasteiger partial charge in [0.1, 0.15) is 0 Å². The average Bonchev–Trinajstić information content (AvgIpc) is 2.34. The van der Waals surface area contributed by atoms with Crippen molar-refractivity contribution < 1.29 is 0 Å². The Balaban J connectivity index is 2.20. The van der Waals surface area contributed by atoms with Crippen LogP contribution in [-0.2, 0) is 0 Å². The van der Waals surface area contributed by atoms with Gasteiger partial charge in [-0.1, -0.05) is 6.92 Å². The molecule has 1 rings (SSSR count). The summed E-state index contributed by atoms with van der Waals surface area (Å²) < 4.78 is 0. The topological polar surface area (TPSA) is 15.3 Å². The first kappa shape index (κ1) is 7.03. The summed E-state index contributed by atoms with van der Waals surface area (Å²) in [7, 11) is 2.05. The van der Waals surface area contributed by atoms with Crippen LogP contribution in [0.2, 0.25) is 0 Å². The summed E-state index contributed by atoms with van der Waals surface area (Å²) in [5.74, 6) is 0. The van der Waals surface area contributed by atoms with Gasteiger partial charge in [-0.25, -0.2) is 0 Å². The van der Waals surface area contributed by atoms with Crippen LogP contribution in [-0.4, -0.2) is 37.6 Å². The van der Waals surface area contributed by atoms with Crippen LogP contribution >= 0.6 is 0 Å². The summed E-state index contributed by atoms with van der Waals surface area (Å²) in [6.07, 6.45) is 1.32. The van der Waals surface area contributed by atoms with E-state index in [2.05, 4.69) is 17.1 Å². The monoisotopic (exact) mass is 128 g/mol. The van der Waals surface area contributed by atoms with Gasteiger partial charge >= 0.3 is 0 Å². The summed E-state index contributed by atoms with van der Waals surface area (Å²) in [4.78, 5) is 2.47.